The van der Waals surface area contributed by atoms with Gasteiger partial charge in [-0.2, -0.15) is 0 Å². The maximum absolute atomic E-state index is 12.2. The molecule has 1 aliphatic rings. The van der Waals surface area contributed by atoms with Gasteiger partial charge in [-0.3, -0.25) is 9.59 Å². The molecular formula is C14H19NO4. The summed E-state index contributed by atoms with van der Waals surface area (Å²) in [5, 5.41) is 12.0. The molecule has 1 saturated carbocycles. The van der Waals surface area contributed by atoms with Crippen molar-refractivity contribution >= 4 is 11.9 Å². The quantitative estimate of drug-likeness (QED) is 0.874. The molecule has 5 nitrogen and oxygen atoms in total. The van der Waals surface area contributed by atoms with Crippen molar-refractivity contribution in [1.29, 1.82) is 0 Å². The Morgan fingerprint density at radius 1 is 1.42 bits per heavy atom. The van der Waals surface area contributed by atoms with Gasteiger partial charge >= 0.3 is 5.97 Å². The Morgan fingerprint density at radius 2 is 2.11 bits per heavy atom. The van der Waals surface area contributed by atoms with Gasteiger partial charge in [0.1, 0.15) is 5.76 Å². The summed E-state index contributed by atoms with van der Waals surface area (Å²) in [6.45, 7) is 3.81. The first kappa shape index (κ1) is 13.6. The van der Waals surface area contributed by atoms with Crippen LogP contribution in [0.25, 0.3) is 0 Å². The van der Waals surface area contributed by atoms with Crippen molar-refractivity contribution in [2.75, 3.05) is 0 Å². The summed E-state index contributed by atoms with van der Waals surface area (Å²) in [6.07, 6.45) is 2.76. The van der Waals surface area contributed by atoms with Crippen LogP contribution in [-0.4, -0.2) is 17.0 Å². The summed E-state index contributed by atoms with van der Waals surface area (Å²) in [5.74, 6) is -1.14. The van der Waals surface area contributed by atoms with Crippen molar-refractivity contribution < 1.29 is 19.1 Å². The molecule has 1 aliphatic carbocycles. The average molecular weight is 265 g/mol. The summed E-state index contributed by atoms with van der Waals surface area (Å²) in [6, 6.07) is 3.31. The van der Waals surface area contributed by atoms with Crippen LogP contribution in [0.2, 0.25) is 0 Å². The molecule has 2 N–H and O–H groups in total. The molecule has 5 heteroatoms. The fourth-order valence-electron chi connectivity index (χ4n) is 2.78. The third-order valence-corrected chi connectivity index (χ3v) is 3.78. The monoisotopic (exact) mass is 265 g/mol. The number of hydrogen-bond donors (Lipinski definition) is 2. The van der Waals surface area contributed by atoms with Gasteiger partial charge in [0, 0.05) is 0 Å². The zero-order valence-electron chi connectivity index (χ0n) is 11.1. The van der Waals surface area contributed by atoms with Crippen molar-refractivity contribution in [2.24, 2.45) is 17.8 Å². The predicted octanol–water partition coefficient (Wildman–Crippen LogP) is 2.20. The normalized spacial score (nSPS) is 28.0. The van der Waals surface area contributed by atoms with Gasteiger partial charge in [0.2, 0.25) is 5.91 Å². The van der Waals surface area contributed by atoms with E-state index in [4.69, 9.17) is 9.52 Å². The Hall–Kier alpha value is -1.78. The predicted molar refractivity (Wildman–Crippen MR) is 68.3 cm³/mol. The SMILES string of the molecule is CC1C[C@H](C(=O)N[C@H](C)c2ccco2)[C@H](C(=O)O)C1. The summed E-state index contributed by atoms with van der Waals surface area (Å²) in [4.78, 5) is 23.4. The number of carbonyl (C=O) groups is 2. The lowest BCUT2D eigenvalue weighted by molar-refractivity contribution is -0.146. The van der Waals surface area contributed by atoms with E-state index in [1.54, 1.807) is 18.4 Å². The van der Waals surface area contributed by atoms with Gasteiger partial charge in [0.05, 0.1) is 24.1 Å². The highest BCUT2D eigenvalue weighted by molar-refractivity contribution is 5.85. The van der Waals surface area contributed by atoms with E-state index in [0.717, 1.165) is 0 Å². The molecule has 19 heavy (non-hydrogen) atoms. The maximum Gasteiger partial charge on any atom is 0.307 e. The lowest BCUT2D eigenvalue weighted by atomic mass is 9.95. The van der Waals surface area contributed by atoms with Gasteiger partial charge < -0.3 is 14.8 Å². The van der Waals surface area contributed by atoms with E-state index >= 15 is 0 Å². The van der Waals surface area contributed by atoms with Crippen LogP contribution >= 0.6 is 0 Å². The van der Waals surface area contributed by atoms with Crippen LogP contribution in [0, 0.1) is 17.8 Å². The lowest BCUT2D eigenvalue weighted by Gasteiger charge is -2.18. The first-order chi connectivity index (χ1) is 8.99. The van der Waals surface area contributed by atoms with Crippen molar-refractivity contribution in [3.05, 3.63) is 24.2 Å². The van der Waals surface area contributed by atoms with Crippen LogP contribution in [0.15, 0.2) is 22.8 Å². The molecule has 0 aromatic carbocycles. The molecule has 1 fully saturated rings. The smallest absolute Gasteiger partial charge is 0.307 e. The van der Waals surface area contributed by atoms with Gasteiger partial charge in [0.15, 0.2) is 0 Å². The van der Waals surface area contributed by atoms with Crippen LogP contribution in [0.3, 0.4) is 0 Å². The highest BCUT2D eigenvalue weighted by atomic mass is 16.4. The number of rotatable bonds is 4. The Kier molecular flexibility index (Phi) is 3.93. The highest BCUT2D eigenvalue weighted by Crippen LogP contribution is 2.36. The second-order valence-electron chi connectivity index (χ2n) is 5.37. The molecule has 1 heterocycles. The number of amides is 1. The number of carboxylic acid groups (broad SMARTS) is 1. The van der Waals surface area contributed by atoms with Crippen LogP contribution in [0.4, 0.5) is 0 Å². The third-order valence-electron chi connectivity index (χ3n) is 3.78. The Morgan fingerprint density at radius 3 is 2.68 bits per heavy atom. The van der Waals surface area contributed by atoms with Gasteiger partial charge in [-0.15, -0.1) is 0 Å². The van der Waals surface area contributed by atoms with Gasteiger partial charge in [-0.25, -0.2) is 0 Å². The Labute approximate surface area is 112 Å². The fourth-order valence-corrected chi connectivity index (χ4v) is 2.78. The molecule has 1 amide bonds. The number of furan rings is 1. The second kappa shape index (κ2) is 5.47. The number of carboxylic acids is 1. The fraction of sp³-hybridized carbons (Fsp3) is 0.571. The van der Waals surface area contributed by atoms with E-state index in [1.807, 2.05) is 13.8 Å². The van der Waals surface area contributed by atoms with E-state index in [1.165, 1.54) is 0 Å². The highest BCUT2D eigenvalue weighted by Gasteiger charge is 2.41. The van der Waals surface area contributed by atoms with Gasteiger partial charge in [-0.1, -0.05) is 6.92 Å². The number of nitrogens with one attached hydrogen (secondary N) is 1. The third kappa shape index (κ3) is 2.97. The van der Waals surface area contributed by atoms with Crippen molar-refractivity contribution in [3.8, 4) is 0 Å². The standard InChI is InChI=1S/C14H19NO4/c1-8-6-10(11(7-8)14(17)18)13(16)15-9(2)12-4-3-5-19-12/h3-5,8-11H,6-7H2,1-2H3,(H,15,16)(H,17,18)/t8?,9-,10+,11-/m1/s1. The zero-order chi connectivity index (χ0) is 14.0. The van der Waals surface area contributed by atoms with E-state index in [-0.39, 0.29) is 17.9 Å². The minimum absolute atomic E-state index is 0.194. The van der Waals surface area contributed by atoms with E-state index in [9.17, 15) is 9.59 Å². The number of aliphatic carboxylic acids is 1. The van der Waals surface area contributed by atoms with Crippen molar-refractivity contribution in [2.45, 2.75) is 32.7 Å². The molecule has 0 radical (unpaired) electrons. The zero-order valence-corrected chi connectivity index (χ0v) is 11.1. The minimum atomic E-state index is -0.879. The molecule has 2 rings (SSSR count). The lowest BCUT2D eigenvalue weighted by Crippen LogP contribution is -2.36. The van der Waals surface area contributed by atoms with Crippen LogP contribution in [0.5, 0.6) is 0 Å². The average Bonchev–Trinajstić information content (AvgIpc) is 2.96. The maximum atomic E-state index is 12.2. The molecule has 0 saturated heterocycles. The van der Waals surface area contributed by atoms with E-state index in [0.29, 0.717) is 18.6 Å². The number of hydrogen-bond acceptors (Lipinski definition) is 3. The molecule has 0 spiro atoms. The molecule has 1 aromatic heterocycles. The van der Waals surface area contributed by atoms with Crippen LogP contribution in [-0.2, 0) is 9.59 Å². The Balaban J connectivity index is 2.01. The Bertz CT molecular complexity index is 454. The topological polar surface area (TPSA) is 79.5 Å². The molecule has 0 bridgehead atoms. The summed E-state index contributed by atoms with van der Waals surface area (Å²) in [7, 11) is 0. The van der Waals surface area contributed by atoms with Crippen molar-refractivity contribution in [1.82, 2.24) is 5.32 Å². The first-order valence-electron chi connectivity index (χ1n) is 6.55. The van der Waals surface area contributed by atoms with Gasteiger partial charge in [-0.05, 0) is 37.8 Å². The van der Waals surface area contributed by atoms with Crippen molar-refractivity contribution in [3.63, 3.8) is 0 Å². The molecule has 1 unspecified atom stereocenters. The largest absolute Gasteiger partial charge is 0.481 e. The van der Waals surface area contributed by atoms with Gasteiger partial charge in [0.25, 0.3) is 0 Å². The molecule has 4 atom stereocenters. The van der Waals surface area contributed by atoms with Crippen LogP contribution < -0.4 is 5.32 Å². The van der Waals surface area contributed by atoms with E-state index in [2.05, 4.69) is 5.32 Å². The van der Waals surface area contributed by atoms with Crippen LogP contribution in [0.1, 0.15) is 38.5 Å². The molecule has 104 valence electrons. The molecular weight excluding hydrogens is 246 g/mol. The van der Waals surface area contributed by atoms with E-state index < -0.39 is 17.8 Å². The summed E-state index contributed by atoms with van der Waals surface area (Å²) in [5.41, 5.74) is 0. The molecule has 1 aromatic rings. The summed E-state index contributed by atoms with van der Waals surface area (Å²) >= 11 is 0. The second-order valence-corrected chi connectivity index (χ2v) is 5.37. The first-order valence-corrected chi connectivity index (χ1v) is 6.55. The number of carbonyl (C=O) groups excluding carboxylic acids is 1. The molecule has 0 aliphatic heterocycles. The summed E-state index contributed by atoms with van der Waals surface area (Å²) < 4.78 is 5.22. The minimum Gasteiger partial charge on any atom is -0.481 e.